The zero-order valence-corrected chi connectivity index (χ0v) is 10.6. The second-order valence-electron chi connectivity index (χ2n) is 3.82. The zero-order chi connectivity index (χ0) is 12.5. The first-order valence-electron chi connectivity index (χ1n) is 6.02. The number of nitrogens with zero attached hydrogens (tertiary/aromatic N) is 2. The molecule has 0 aromatic carbocycles. The molecule has 0 radical (unpaired) electrons. The van der Waals surface area contributed by atoms with Crippen molar-refractivity contribution >= 4 is 0 Å². The van der Waals surface area contributed by atoms with Gasteiger partial charge >= 0.3 is 0 Å². The fourth-order valence-corrected chi connectivity index (χ4v) is 1.72. The van der Waals surface area contributed by atoms with E-state index in [1.54, 1.807) is 13.4 Å². The Morgan fingerprint density at radius 1 is 1.53 bits per heavy atom. The van der Waals surface area contributed by atoms with Gasteiger partial charge < -0.3 is 10.1 Å². The molecule has 1 aromatic heterocycles. The molecule has 0 saturated carbocycles. The molecule has 0 aliphatic heterocycles. The number of hydrogen-bond donors (Lipinski definition) is 1. The predicted octanol–water partition coefficient (Wildman–Crippen LogP) is 2.49. The molecule has 17 heavy (non-hydrogen) atoms. The lowest BCUT2D eigenvalue weighted by molar-refractivity contribution is 0.392. The van der Waals surface area contributed by atoms with Crippen LogP contribution in [0.1, 0.15) is 37.9 Å². The van der Waals surface area contributed by atoms with Gasteiger partial charge in [0.25, 0.3) is 0 Å². The highest BCUT2D eigenvalue weighted by Gasteiger charge is 2.12. The molecule has 0 saturated heterocycles. The summed E-state index contributed by atoms with van der Waals surface area (Å²) in [7, 11) is 1.62. The van der Waals surface area contributed by atoms with Crippen molar-refractivity contribution in [2.45, 2.75) is 32.2 Å². The Morgan fingerprint density at radius 3 is 3.00 bits per heavy atom. The second kappa shape index (κ2) is 7.79. The second-order valence-corrected chi connectivity index (χ2v) is 3.82. The maximum atomic E-state index is 5.11. The van der Waals surface area contributed by atoms with E-state index in [1.165, 1.54) is 0 Å². The van der Waals surface area contributed by atoms with Crippen LogP contribution in [-0.4, -0.2) is 23.6 Å². The maximum absolute atomic E-state index is 5.11. The predicted molar refractivity (Wildman–Crippen MR) is 69.0 cm³/mol. The number of methoxy groups -OCH3 is 1. The van der Waals surface area contributed by atoms with Gasteiger partial charge in [0.05, 0.1) is 12.8 Å². The molecule has 1 unspecified atom stereocenters. The summed E-state index contributed by atoms with van der Waals surface area (Å²) in [6, 6.07) is 2.15. The molecule has 0 aliphatic rings. The summed E-state index contributed by atoms with van der Waals surface area (Å²) < 4.78 is 5.11. The summed E-state index contributed by atoms with van der Waals surface area (Å²) in [5.74, 6) is 0.613. The molecule has 0 bridgehead atoms. The van der Waals surface area contributed by atoms with Crippen molar-refractivity contribution in [3.8, 4) is 5.88 Å². The summed E-state index contributed by atoms with van der Waals surface area (Å²) in [6.45, 7) is 6.76. The number of nitrogens with one attached hydrogen (secondary N) is 1. The molecule has 0 aliphatic carbocycles. The van der Waals surface area contributed by atoms with Crippen LogP contribution in [0.4, 0.5) is 0 Å². The lowest BCUT2D eigenvalue weighted by Gasteiger charge is -2.17. The van der Waals surface area contributed by atoms with Gasteiger partial charge in [-0.3, -0.25) is 0 Å². The topological polar surface area (TPSA) is 47.0 Å². The summed E-state index contributed by atoms with van der Waals surface area (Å²) >= 11 is 0. The van der Waals surface area contributed by atoms with Crippen LogP contribution in [0.15, 0.2) is 25.0 Å². The highest BCUT2D eigenvalue weighted by Crippen LogP contribution is 2.19. The third kappa shape index (κ3) is 4.53. The van der Waals surface area contributed by atoms with E-state index in [-0.39, 0.29) is 6.04 Å². The smallest absolute Gasteiger partial charge is 0.216 e. The van der Waals surface area contributed by atoms with Crippen molar-refractivity contribution in [1.29, 1.82) is 0 Å². The molecule has 0 amide bonds. The maximum Gasteiger partial charge on any atom is 0.216 e. The quantitative estimate of drug-likeness (QED) is 0.555. The van der Waals surface area contributed by atoms with Crippen molar-refractivity contribution in [3.05, 3.63) is 30.7 Å². The standard InChI is InChI=1S/C13H21N3O/c1-4-6-7-8-11(14-5-2)12-9-13(17-3)16-10-15-12/h4,9-11,14H,1,5-8H2,2-3H3. The van der Waals surface area contributed by atoms with Crippen molar-refractivity contribution < 1.29 is 4.74 Å². The van der Waals surface area contributed by atoms with Gasteiger partial charge in [0.2, 0.25) is 5.88 Å². The van der Waals surface area contributed by atoms with Crippen molar-refractivity contribution in [2.75, 3.05) is 13.7 Å². The van der Waals surface area contributed by atoms with Crippen LogP contribution in [0, 0.1) is 0 Å². The van der Waals surface area contributed by atoms with Crippen LogP contribution in [0.5, 0.6) is 5.88 Å². The number of ether oxygens (including phenoxy) is 1. The largest absolute Gasteiger partial charge is 0.481 e. The van der Waals surface area contributed by atoms with Crippen LogP contribution in [0.2, 0.25) is 0 Å². The van der Waals surface area contributed by atoms with Crippen LogP contribution in [0.25, 0.3) is 0 Å². The lowest BCUT2D eigenvalue weighted by Crippen LogP contribution is -2.22. The highest BCUT2D eigenvalue weighted by atomic mass is 16.5. The first-order valence-corrected chi connectivity index (χ1v) is 6.02. The lowest BCUT2D eigenvalue weighted by atomic mass is 10.1. The molecule has 94 valence electrons. The van der Waals surface area contributed by atoms with Gasteiger partial charge in [-0.1, -0.05) is 13.0 Å². The van der Waals surface area contributed by atoms with E-state index < -0.39 is 0 Å². The Hall–Kier alpha value is -1.42. The summed E-state index contributed by atoms with van der Waals surface area (Å²) in [4.78, 5) is 8.33. The molecule has 4 heteroatoms. The molecule has 0 spiro atoms. The van der Waals surface area contributed by atoms with Crippen LogP contribution >= 0.6 is 0 Å². The molecule has 1 rings (SSSR count). The van der Waals surface area contributed by atoms with Gasteiger partial charge in [0.1, 0.15) is 6.33 Å². The Labute approximate surface area is 103 Å². The Balaban J connectivity index is 2.69. The Kier molecular flexibility index (Phi) is 6.25. The van der Waals surface area contributed by atoms with Crippen molar-refractivity contribution in [2.24, 2.45) is 0 Å². The highest BCUT2D eigenvalue weighted by molar-refractivity contribution is 5.16. The third-order valence-corrected chi connectivity index (χ3v) is 2.58. The molecule has 0 fully saturated rings. The molecule has 1 heterocycles. The Bertz CT molecular complexity index is 341. The summed E-state index contributed by atoms with van der Waals surface area (Å²) in [6.07, 6.45) is 6.67. The van der Waals surface area contributed by atoms with Gasteiger partial charge in [-0.25, -0.2) is 9.97 Å². The molecule has 1 aromatic rings. The SMILES string of the molecule is C=CCCCC(NCC)c1cc(OC)ncn1. The number of rotatable bonds is 8. The third-order valence-electron chi connectivity index (χ3n) is 2.58. The van der Waals surface area contributed by atoms with Gasteiger partial charge in [-0.2, -0.15) is 0 Å². The fourth-order valence-electron chi connectivity index (χ4n) is 1.72. The van der Waals surface area contributed by atoms with E-state index in [4.69, 9.17) is 4.74 Å². The van der Waals surface area contributed by atoms with Gasteiger partial charge in [0, 0.05) is 12.1 Å². The van der Waals surface area contributed by atoms with E-state index in [2.05, 4.69) is 28.8 Å². The first-order chi connectivity index (χ1) is 8.31. The van der Waals surface area contributed by atoms with Crippen molar-refractivity contribution in [1.82, 2.24) is 15.3 Å². The van der Waals surface area contributed by atoms with E-state index in [9.17, 15) is 0 Å². The minimum absolute atomic E-state index is 0.261. The average molecular weight is 235 g/mol. The number of unbranched alkanes of at least 4 members (excludes halogenated alkanes) is 1. The molecular formula is C13H21N3O. The fraction of sp³-hybridized carbons (Fsp3) is 0.538. The Morgan fingerprint density at radius 2 is 2.35 bits per heavy atom. The van der Waals surface area contributed by atoms with Gasteiger partial charge in [-0.15, -0.1) is 6.58 Å². The normalized spacial score (nSPS) is 12.1. The zero-order valence-electron chi connectivity index (χ0n) is 10.6. The van der Waals surface area contributed by atoms with Crippen LogP contribution in [-0.2, 0) is 0 Å². The minimum Gasteiger partial charge on any atom is -0.481 e. The van der Waals surface area contributed by atoms with E-state index in [0.29, 0.717) is 5.88 Å². The first kappa shape index (κ1) is 13.6. The van der Waals surface area contributed by atoms with E-state index in [0.717, 1.165) is 31.5 Å². The molecule has 4 nitrogen and oxygen atoms in total. The van der Waals surface area contributed by atoms with E-state index in [1.807, 2.05) is 12.1 Å². The number of allylic oxidation sites excluding steroid dienone is 1. The number of hydrogen-bond acceptors (Lipinski definition) is 4. The average Bonchev–Trinajstić information content (AvgIpc) is 2.38. The monoisotopic (exact) mass is 235 g/mol. The van der Waals surface area contributed by atoms with Crippen LogP contribution in [0.3, 0.4) is 0 Å². The molecule has 1 N–H and O–H groups in total. The van der Waals surface area contributed by atoms with E-state index >= 15 is 0 Å². The van der Waals surface area contributed by atoms with Gasteiger partial charge in [0.15, 0.2) is 0 Å². The van der Waals surface area contributed by atoms with Gasteiger partial charge in [-0.05, 0) is 25.8 Å². The molecular weight excluding hydrogens is 214 g/mol. The van der Waals surface area contributed by atoms with Crippen molar-refractivity contribution in [3.63, 3.8) is 0 Å². The number of aromatic nitrogens is 2. The minimum atomic E-state index is 0.261. The van der Waals surface area contributed by atoms with Crippen LogP contribution < -0.4 is 10.1 Å². The summed E-state index contributed by atoms with van der Waals surface area (Å²) in [5, 5.41) is 3.43. The molecule has 1 atom stereocenters. The summed E-state index contributed by atoms with van der Waals surface area (Å²) in [5.41, 5.74) is 0.989.